The molecule has 1 nitrogen and oxygen atoms in total. The number of allylic oxidation sites excluding steroid dienone is 1. The van der Waals surface area contributed by atoms with Crippen molar-refractivity contribution in [1.82, 2.24) is 0 Å². The molecule has 1 saturated carbocycles. The first kappa shape index (κ1) is 7.35. The number of rotatable bonds is 0. The lowest BCUT2D eigenvalue weighted by Gasteiger charge is -2.60. The van der Waals surface area contributed by atoms with Crippen LogP contribution in [0.15, 0.2) is 12.2 Å². The van der Waals surface area contributed by atoms with Gasteiger partial charge in [-0.1, -0.05) is 26.0 Å². The summed E-state index contributed by atoms with van der Waals surface area (Å²) in [6.45, 7) is 6.81. The molecule has 2 bridgehead atoms. The first-order valence-electron chi connectivity index (χ1n) is 4.43. The lowest BCUT2D eigenvalue weighted by molar-refractivity contribution is -0.0372. The predicted molar refractivity (Wildman–Crippen MR) is 47.1 cm³/mol. The van der Waals surface area contributed by atoms with Crippen LogP contribution in [0, 0.1) is 17.3 Å². The molecule has 0 aromatic carbocycles. The maximum Gasteiger partial charge on any atom is 0.0344 e. The molecule has 0 radical (unpaired) electrons. The van der Waals surface area contributed by atoms with Crippen LogP contribution in [-0.4, -0.2) is 5.54 Å². The highest BCUT2D eigenvalue weighted by molar-refractivity contribution is 5.24. The summed E-state index contributed by atoms with van der Waals surface area (Å²) in [6.07, 6.45) is 5.80. The molecule has 1 heteroatoms. The van der Waals surface area contributed by atoms with Gasteiger partial charge >= 0.3 is 0 Å². The van der Waals surface area contributed by atoms with Gasteiger partial charge in [-0.15, -0.1) is 0 Å². The molecule has 0 amide bonds. The van der Waals surface area contributed by atoms with E-state index >= 15 is 0 Å². The lowest BCUT2D eigenvalue weighted by atomic mass is 9.46. The van der Waals surface area contributed by atoms with E-state index in [9.17, 15) is 0 Å². The smallest absolute Gasteiger partial charge is 0.0344 e. The molecule has 0 spiro atoms. The highest BCUT2D eigenvalue weighted by Gasteiger charge is 2.55. The molecule has 0 aromatic rings. The third-order valence-electron chi connectivity index (χ3n) is 3.78. The fourth-order valence-electron chi connectivity index (χ4n) is 2.78. The van der Waals surface area contributed by atoms with Crippen molar-refractivity contribution in [1.29, 1.82) is 0 Å². The van der Waals surface area contributed by atoms with Crippen LogP contribution in [0.3, 0.4) is 0 Å². The Morgan fingerprint density at radius 2 is 2.00 bits per heavy atom. The molecule has 3 unspecified atom stereocenters. The summed E-state index contributed by atoms with van der Waals surface area (Å²) in [6, 6.07) is 0. The predicted octanol–water partition coefficient (Wildman–Crippen LogP) is 1.94. The molecule has 62 valence electrons. The summed E-state index contributed by atoms with van der Waals surface area (Å²) in [5.41, 5.74) is 6.56. The van der Waals surface area contributed by atoms with Crippen LogP contribution in [0.1, 0.15) is 27.2 Å². The van der Waals surface area contributed by atoms with E-state index in [1.54, 1.807) is 0 Å². The van der Waals surface area contributed by atoms with Crippen molar-refractivity contribution in [3.05, 3.63) is 12.2 Å². The third kappa shape index (κ3) is 0.750. The maximum absolute atomic E-state index is 6.15. The molecule has 3 aliphatic carbocycles. The van der Waals surface area contributed by atoms with E-state index in [1.807, 2.05) is 0 Å². The zero-order valence-electron chi connectivity index (χ0n) is 7.59. The average molecular weight is 151 g/mol. The highest BCUT2D eigenvalue weighted by Crippen LogP contribution is 2.58. The lowest BCUT2D eigenvalue weighted by Crippen LogP contribution is -2.61. The van der Waals surface area contributed by atoms with E-state index in [4.69, 9.17) is 5.73 Å². The van der Waals surface area contributed by atoms with E-state index in [0.717, 1.165) is 5.92 Å². The van der Waals surface area contributed by atoms with Crippen molar-refractivity contribution < 1.29 is 0 Å². The number of fused-ring (bicyclic) bond motifs is 1. The Bertz CT molecular complexity index is 213. The normalized spacial score (nSPS) is 52.0. The van der Waals surface area contributed by atoms with Crippen molar-refractivity contribution in [2.24, 2.45) is 23.0 Å². The van der Waals surface area contributed by atoms with Gasteiger partial charge in [-0.05, 0) is 30.6 Å². The molecule has 3 aliphatic rings. The van der Waals surface area contributed by atoms with Gasteiger partial charge in [0.25, 0.3) is 0 Å². The minimum Gasteiger partial charge on any atom is -0.322 e. The van der Waals surface area contributed by atoms with Crippen LogP contribution in [0.2, 0.25) is 0 Å². The molecule has 0 heterocycles. The van der Waals surface area contributed by atoms with Crippen molar-refractivity contribution in [2.75, 3.05) is 0 Å². The van der Waals surface area contributed by atoms with Gasteiger partial charge < -0.3 is 5.73 Å². The summed E-state index contributed by atoms with van der Waals surface area (Å²) in [4.78, 5) is 0. The zero-order chi connectivity index (χ0) is 8.28. The van der Waals surface area contributed by atoms with Crippen molar-refractivity contribution in [3.63, 3.8) is 0 Å². The molecule has 11 heavy (non-hydrogen) atoms. The fraction of sp³-hybridized carbons (Fsp3) is 0.800. The maximum atomic E-state index is 6.15. The van der Waals surface area contributed by atoms with E-state index in [1.165, 1.54) is 6.42 Å². The Hall–Kier alpha value is -0.300. The third-order valence-corrected chi connectivity index (χ3v) is 3.78. The minimum atomic E-state index is -0.0434. The van der Waals surface area contributed by atoms with Gasteiger partial charge in [0, 0.05) is 5.54 Å². The van der Waals surface area contributed by atoms with Crippen LogP contribution in [-0.2, 0) is 0 Å². The molecule has 0 saturated heterocycles. The summed E-state index contributed by atoms with van der Waals surface area (Å²) in [5.74, 6) is 1.49. The van der Waals surface area contributed by atoms with Crippen molar-refractivity contribution in [2.45, 2.75) is 32.7 Å². The van der Waals surface area contributed by atoms with Crippen molar-refractivity contribution >= 4 is 0 Å². The first-order chi connectivity index (χ1) is 4.94. The summed E-state index contributed by atoms with van der Waals surface area (Å²) < 4.78 is 0. The molecule has 3 atom stereocenters. The van der Waals surface area contributed by atoms with E-state index in [0.29, 0.717) is 11.3 Å². The van der Waals surface area contributed by atoms with Gasteiger partial charge in [0.05, 0.1) is 0 Å². The van der Waals surface area contributed by atoms with Crippen LogP contribution >= 0.6 is 0 Å². The van der Waals surface area contributed by atoms with Gasteiger partial charge in [0.15, 0.2) is 0 Å². The van der Waals surface area contributed by atoms with E-state index in [2.05, 4.69) is 32.9 Å². The number of hydrogen-bond acceptors (Lipinski definition) is 1. The average Bonchev–Trinajstić information content (AvgIpc) is 1.84. The van der Waals surface area contributed by atoms with E-state index in [-0.39, 0.29) is 5.54 Å². The SMILES string of the molecule is CC1(N)C=CC2CC1C2(C)C. The highest BCUT2D eigenvalue weighted by atomic mass is 14.8. The van der Waals surface area contributed by atoms with Gasteiger partial charge in [0.1, 0.15) is 0 Å². The molecular weight excluding hydrogens is 134 g/mol. The van der Waals surface area contributed by atoms with Gasteiger partial charge in [-0.3, -0.25) is 0 Å². The van der Waals surface area contributed by atoms with Crippen LogP contribution < -0.4 is 5.73 Å². The monoisotopic (exact) mass is 151 g/mol. The second-order valence-electron chi connectivity index (χ2n) is 4.94. The van der Waals surface area contributed by atoms with Crippen LogP contribution in [0.5, 0.6) is 0 Å². The Morgan fingerprint density at radius 3 is 2.27 bits per heavy atom. The summed E-state index contributed by atoms with van der Waals surface area (Å²) in [7, 11) is 0. The first-order valence-corrected chi connectivity index (χ1v) is 4.43. The topological polar surface area (TPSA) is 26.0 Å². The Labute approximate surface area is 68.7 Å². The van der Waals surface area contributed by atoms with E-state index < -0.39 is 0 Å². The second-order valence-corrected chi connectivity index (χ2v) is 4.94. The van der Waals surface area contributed by atoms with Crippen LogP contribution in [0.25, 0.3) is 0 Å². The van der Waals surface area contributed by atoms with Crippen molar-refractivity contribution in [3.8, 4) is 0 Å². The molecule has 1 fully saturated rings. The molecule has 3 rings (SSSR count). The largest absolute Gasteiger partial charge is 0.322 e. The summed E-state index contributed by atoms with van der Waals surface area (Å²) >= 11 is 0. The minimum absolute atomic E-state index is 0.0434. The molecular formula is C10H17N. The Balaban J connectivity index is 2.36. The van der Waals surface area contributed by atoms with Gasteiger partial charge in [-0.25, -0.2) is 0 Å². The second kappa shape index (κ2) is 1.71. The fourth-order valence-corrected chi connectivity index (χ4v) is 2.78. The van der Waals surface area contributed by atoms with Gasteiger partial charge in [-0.2, -0.15) is 0 Å². The molecule has 0 aromatic heterocycles. The quantitative estimate of drug-likeness (QED) is 0.526. The van der Waals surface area contributed by atoms with Gasteiger partial charge in [0.2, 0.25) is 0 Å². The molecule has 0 aliphatic heterocycles. The zero-order valence-corrected chi connectivity index (χ0v) is 7.59. The van der Waals surface area contributed by atoms with Crippen LogP contribution in [0.4, 0.5) is 0 Å². The number of nitrogens with two attached hydrogens (primary N) is 1. The number of hydrogen-bond donors (Lipinski definition) is 1. The Morgan fingerprint density at radius 1 is 1.36 bits per heavy atom. The summed E-state index contributed by atoms with van der Waals surface area (Å²) in [5, 5.41) is 0. The standard InChI is InChI=1S/C10H17N/c1-9(2)7-4-5-10(3,11)8(9)6-7/h4-5,7-8H,6,11H2,1-3H3. The Kier molecular flexibility index (Phi) is 1.15. The molecule has 2 N–H and O–H groups in total.